The van der Waals surface area contributed by atoms with E-state index in [0.29, 0.717) is 23.7 Å². The summed E-state index contributed by atoms with van der Waals surface area (Å²) in [6.45, 7) is 6.44. The normalized spacial score (nSPS) is 20.8. The molecule has 0 aliphatic carbocycles. The van der Waals surface area contributed by atoms with Crippen molar-refractivity contribution in [3.63, 3.8) is 0 Å². The fourth-order valence-corrected chi connectivity index (χ4v) is 5.81. The van der Waals surface area contributed by atoms with Gasteiger partial charge in [-0.3, -0.25) is 4.79 Å². The van der Waals surface area contributed by atoms with Crippen LogP contribution in [-0.2, 0) is 14.8 Å². The van der Waals surface area contributed by atoms with Gasteiger partial charge in [0.2, 0.25) is 15.8 Å². The lowest BCUT2D eigenvalue weighted by Crippen LogP contribution is -2.42. The third-order valence-electron chi connectivity index (χ3n) is 5.31. The van der Waals surface area contributed by atoms with Gasteiger partial charge in [0.25, 0.3) is 0 Å². The van der Waals surface area contributed by atoms with E-state index in [1.165, 1.54) is 41.6 Å². The number of benzene rings is 2. The van der Waals surface area contributed by atoms with E-state index >= 15 is 0 Å². The highest BCUT2D eigenvalue weighted by atomic mass is 35.5. The van der Waals surface area contributed by atoms with Crippen molar-refractivity contribution in [2.75, 3.05) is 13.1 Å². The van der Waals surface area contributed by atoms with Crippen molar-refractivity contribution in [2.45, 2.75) is 38.2 Å². The molecule has 3 unspecified atom stereocenters. The molecule has 1 fully saturated rings. The van der Waals surface area contributed by atoms with Gasteiger partial charge in [0.15, 0.2) is 6.10 Å². The predicted octanol–water partition coefficient (Wildman–Crippen LogP) is 4.43. The zero-order valence-corrected chi connectivity index (χ0v) is 19.3. The second kappa shape index (κ2) is 9.51. The average molecular weight is 464 g/mol. The van der Waals surface area contributed by atoms with Gasteiger partial charge in [-0.25, -0.2) is 13.2 Å². The van der Waals surface area contributed by atoms with E-state index in [2.05, 4.69) is 0 Å². The van der Waals surface area contributed by atoms with E-state index < -0.39 is 27.9 Å². The Labute approximate surface area is 188 Å². The molecule has 1 aliphatic heterocycles. The Morgan fingerprint density at radius 2 is 1.65 bits per heavy atom. The number of ketones is 1. The molecule has 1 heterocycles. The third-order valence-corrected chi connectivity index (χ3v) is 7.37. The molecule has 31 heavy (non-hydrogen) atoms. The fraction of sp³-hybridized carbons (Fsp3) is 0.391. The van der Waals surface area contributed by atoms with E-state index in [0.717, 1.165) is 6.42 Å². The monoisotopic (exact) mass is 463 g/mol. The number of hydrogen-bond donors (Lipinski definition) is 0. The highest BCUT2D eigenvalue weighted by molar-refractivity contribution is 7.89. The molecule has 3 atom stereocenters. The first-order valence-corrected chi connectivity index (χ1v) is 12.0. The molecule has 0 bridgehead atoms. The Morgan fingerprint density at radius 3 is 2.29 bits per heavy atom. The maximum absolute atomic E-state index is 13.1. The van der Waals surface area contributed by atoms with Gasteiger partial charge in [-0.1, -0.05) is 43.6 Å². The van der Waals surface area contributed by atoms with Crippen LogP contribution in [0.3, 0.4) is 0 Å². The van der Waals surface area contributed by atoms with E-state index in [1.54, 1.807) is 18.2 Å². The molecule has 1 aliphatic rings. The summed E-state index contributed by atoms with van der Waals surface area (Å²) in [5.74, 6) is -0.619. The number of ether oxygens (including phenoxy) is 1. The van der Waals surface area contributed by atoms with Crippen LogP contribution in [-0.4, -0.2) is 43.7 Å². The minimum Gasteiger partial charge on any atom is -0.451 e. The molecule has 1 saturated heterocycles. The first-order chi connectivity index (χ1) is 14.6. The Balaban J connectivity index is 1.76. The van der Waals surface area contributed by atoms with Crippen LogP contribution >= 0.6 is 11.6 Å². The minimum absolute atomic E-state index is 0.0390. The number of halogens is 1. The van der Waals surface area contributed by atoms with Crippen LogP contribution in [0.5, 0.6) is 0 Å². The molecule has 166 valence electrons. The molecule has 2 aromatic carbocycles. The highest BCUT2D eigenvalue weighted by Gasteiger charge is 2.32. The summed E-state index contributed by atoms with van der Waals surface area (Å²) in [7, 11) is -3.73. The Hall–Kier alpha value is -2.22. The molecular weight excluding hydrogens is 438 g/mol. The molecule has 0 amide bonds. The van der Waals surface area contributed by atoms with Crippen molar-refractivity contribution in [3.05, 3.63) is 64.7 Å². The number of hydrogen-bond acceptors (Lipinski definition) is 5. The number of esters is 1. The lowest BCUT2D eigenvalue weighted by atomic mass is 9.94. The standard InChI is InChI=1S/C23H26ClNO5S/c1-15-10-16(2)14-25(13-15)31(28,29)21-9-5-7-19(12-21)23(27)30-17(3)22(26)18-6-4-8-20(24)11-18/h4-9,11-12,15-17H,10,13-14H2,1-3H3. The van der Waals surface area contributed by atoms with Gasteiger partial charge in [-0.15, -0.1) is 0 Å². The van der Waals surface area contributed by atoms with E-state index in [9.17, 15) is 18.0 Å². The SMILES string of the molecule is CC1CC(C)CN(S(=O)(=O)c2cccc(C(=O)OC(C)C(=O)c3cccc(Cl)c3)c2)C1. The molecular formula is C23H26ClNO5S. The van der Waals surface area contributed by atoms with Gasteiger partial charge in [0, 0.05) is 23.7 Å². The van der Waals surface area contributed by atoms with Crippen LogP contribution in [0.2, 0.25) is 5.02 Å². The van der Waals surface area contributed by atoms with Crippen LogP contribution in [0, 0.1) is 11.8 Å². The summed E-state index contributed by atoms with van der Waals surface area (Å²) < 4.78 is 33.0. The zero-order chi connectivity index (χ0) is 22.8. The Bertz CT molecular complexity index is 1070. The van der Waals surface area contributed by atoms with Crippen LogP contribution < -0.4 is 0 Å². The summed E-state index contributed by atoms with van der Waals surface area (Å²) in [6.07, 6.45) is -0.0632. The average Bonchev–Trinajstić information content (AvgIpc) is 2.72. The third kappa shape index (κ3) is 5.53. The van der Waals surface area contributed by atoms with E-state index in [4.69, 9.17) is 16.3 Å². The lowest BCUT2D eigenvalue weighted by molar-refractivity contribution is 0.0318. The molecule has 0 N–H and O–H groups in total. The number of piperidine rings is 1. The first kappa shape index (κ1) is 23.4. The number of carbonyl (C=O) groups is 2. The maximum atomic E-state index is 13.1. The van der Waals surface area contributed by atoms with E-state index in [-0.39, 0.29) is 22.3 Å². The second-order valence-electron chi connectivity index (χ2n) is 8.22. The smallest absolute Gasteiger partial charge is 0.338 e. The van der Waals surface area contributed by atoms with Gasteiger partial charge in [-0.2, -0.15) is 4.31 Å². The molecule has 0 spiro atoms. The summed E-state index contributed by atoms with van der Waals surface area (Å²) in [5.41, 5.74) is 0.405. The van der Waals surface area contributed by atoms with E-state index in [1.807, 2.05) is 13.8 Å². The maximum Gasteiger partial charge on any atom is 0.338 e. The molecule has 0 radical (unpaired) electrons. The summed E-state index contributed by atoms with van der Waals surface area (Å²) >= 11 is 5.92. The predicted molar refractivity (Wildman–Crippen MR) is 119 cm³/mol. The van der Waals surface area contributed by atoms with Crippen molar-refractivity contribution in [1.82, 2.24) is 4.31 Å². The van der Waals surface area contributed by atoms with Gasteiger partial charge in [0.05, 0.1) is 10.5 Å². The largest absolute Gasteiger partial charge is 0.451 e. The van der Waals surface area contributed by atoms with Crippen LogP contribution in [0.1, 0.15) is 47.9 Å². The van der Waals surface area contributed by atoms with Crippen molar-refractivity contribution >= 4 is 33.4 Å². The van der Waals surface area contributed by atoms with Crippen molar-refractivity contribution in [1.29, 1.82) is 0 Å². The van der Waals surface area contributed by atoms with Gasteiger partial charge < -0.3 is 4.74 Å². The van der Waals surface area contributed by atoms with Crippen LogP contribution in [0.25, 0.3) is 0 Å². The zero-order valence-electron chi connectivity index (χ0n) is 17.7. The lowest BCUT2D eigenvalue weighted by Gasteiger charge is -2.34. The molecule has 8 heteroatoms. The summed E-state index contributed by atoms with van der Waals surface area (Å²) in [5, 5.41) is 0.406. The molecule has 3 rings (SSSR count). The van der Waals surface area contributed by atoms with Crippen LogP contribution in [0.15, 0.2) is 53.4 Å². The summed E-state index contributed by atoms with van der Waals surface area (Å²) in [6, 6.07) is 12.1. The minimum atomic E-state index is -3.73. The van der Waals surface area contributed by atoms with Crippen molar-refractivity contribution in [2.24, 2.45) is 11.8 Å². The van der Waals surface area contributed by atoms with Gasteiger partial charge >= 0.3 is 5.97 Å². The Morgan fingerprint density at radius 1 is 1.03 bits per heavy atom. The van der Waals surface area contributed by atoms with Crippen LogP contribution in [0.4, 0.5) is 0 Å². The molecule has 0 aromatic heterocycles. The molecule has 2 aromatic rings. The topological polar surface area (TPSA) is 80.8 Å². The quantitative estimate of drug-likeness (QED) is 0.467. The second-order valence-corrected chi connectivity index (χ2v) is 10.6. The number of rotatable bonds is 6. The highest BCUT2D eigenvalue weighted by Crippen LogP contribution is 2.27. The number of carbonyl (C=O) groups excluding carboxylic acids is 2. The number of sulfonamides is 1. The molecule has 0 saturated carbocycles. The number of nitrogens with zero attached hydrogens (tertiary/aromatic N) is 1. The van der Waals surface area contributed by atoms with Gasteiger partial charge in [-0.05, 0) is 55.5 Å². The molecule has 6 nitrogen and oxygen atoms in total. The first-order valence-electron chi connectivity index (χ1n) is 10.2. The summed E-state index contributed by atoms with van der Waals surface area (Å²) in [4.78, 5) is 25.2. The van der Waals surface area contributed by atoms with Gasteiger partial charge in [0.1, 0.15) is 0 Å². The van der Waals surface area contributed by atoms with Crippen molar-refractivity contribution in [3.8, 4) is 0 Å². The fourth-order valence-electron chi connectivity index (χ4n) is 3.89. The Kier molecular flexibility index (Phi) is 7.19. The van der Waals surface area contributed by atoms with Crippen molar-refractivity contribution < 1.29 is 22.7 Å². The number of Topliss-reactive ketones (excluding diaryl/α,β-unsaturated/α-hetero) is 1.